The molecule has 0 radical (unpaired) electrons. The predicted octanol–water partition coefficient (Wildman–Crippen LogP) is 4.82. The minimum Gasteiger partial charge on any atom is -0.496 e. The largest absolute Gasteiger partial charge is 0.496 e. The Hall–Kier alpha value is -3.38. The summed E-state index contributed by atoms with van der Waals surface area (Å²) in [7, 11) is 3.60. The molecule has 4 aromatic rings. The lowest BCUT2D eigenvalue weighted by Gasteiger charge is -2.13. The topological polar surface area (TPSA) is 64.9 Å². The second kappa shape index (κ2) is 8.32. The molecule has 0 aliphatic carbocycles. The molecule has 0 spiro atoms. The van der Waals surface area contributed by atoms with E-state index in [1.165, 1.54) is 0 Å². The minimum atomic E-state index is 0.514. The second-order valence-electron chi connectivity index (χ2n) is 6.49. The molecular weight excluding hydrogens is 386 g/mol. The molecule has 0 saturated heterocycles. The Morgan fingerprint density at radius 2 is 1.97 bits per heavy atom. The maximum absolute atomic E-state index is 6.19. The molecule has 7 heteroatoms. The minimum absolute atomic E-state index is 0.514. The first kappa shape index (κ1) is 19.0. The Balaban J connectivity index is 1.71. The molecular formula is C22H20ClN5O. The van der Waals surface area contributed by atoms with E-state index in [1.807, 2.05) is 66.3 Å². The number of nitrogens with zero attached hydrogens (tertiary/aromatic N) is 4. The third-order valence-corrected chi connectivity index (χ3v) is 4.82. The Morgan fingerprint density at radius 1 is 1.10 bits per heavy atom. The summed E-state index contributed by atoms with van der Waals surface area (Å²) in [6.07, 6.45) is 5.44. The van der Waals surface area contributed by atoms with Crippen LogP contribution in [0, 0.1) is 0 Å². The van der Waals surface area contributed by atoms with Crippen molar-refractivity contribution in [3.63, 3.8) is 0 Å². The van der Waals surface area contributed by atoms with Crippen LogP contribution >= 0.6 is 11.6 Å². The molecule has 6 nitrogen and oxygen atoms in total. The zero-order chi connectivity index (χ0) is 20.2. The number of nitrogens with one attached hydrogen (secondary N) is 1. The summed E-state index contributed by atoms with van der Waals surface area (Å²) in [5.41, 5.74) is 3.56. The number of halogens is 1. The van der Waals surface area contributed by atoms with Gasteiger partial charge in [0.25, 0.3) is 0 Å². The van der Waals surface area contributed by atoms with Gasteiger partial charge in [0.1, 0.15) is 11.4 Å². The molecule has 0 bridgehead atoms. The van der Waals surface area contributed by atoms with Crippen molar-refractivity contribution in [3.8, 4) is 28.4 Å². The van der Waals surface area contributed by atoms with Gasteiger partial charge < -0.3 is 14.6 Å². The number of methoxy groups -OCH3 is 1. The quantitative estimate of drug-likeness (QED) is 0.498. The molecule has 0 fully saturated rings. The number of hydrogen-bond acceptors (Lipinski definition) is 5. The summed E-state index contributed by atoms with van der Waals surface area (Å²) < 4.78 is 7.34. The summed E-state index contributed by atoms with van der Waals surface area (Å²) in [6, 6.07) is 15.5. The summed E-state index contributed by atoms with van der Waals surface area (Å²) in [4.78, 5) is 13.7. The van der Waals surface area contributed by atoms with Crippen LogP contribution in [0.15, 0.2) is 67.1 Å². The normalized spacial score (nSPS) is 10.7. The monoisotopic (exact) mass is 405 g/mol. The number of benzene rings is 2. The molecule has 0 aliphatic rings. The molecule has 0 unspecified atom stereocenters. The standard InChI is InChI=1S/C22H20ClN5O/c1-28-11-10-24-21(28)20-18(15-7-5-8-17(23)12-15)14-26-22(27-20)25-13-16-6-3-4-9-19(16)29-2/h3-12,14H,13H2,1-2H3,(H,25,26,27). The van der Waals surface area contributed by atoms with Crippen molar-refractivity contribution in [2.75, 3.05) is 12.4 Å². The number of rotatable bonds is 6. The van der Waals surface area contributed by atoms with E-state index in [0.717, 1.165) is 34.0 Å². The number of imidazole rings is 1. The molecule has 4 rings (SSSR count). The summed E-state index contributed by atoms with van der Waals surface area (Å²) in [6.45, 7) is 0.542. The van der Waals surface area contributed by atoms with E-state index in [1.54, 1.807) is 19.5 Å². The summed E-state index contributed by atoms with van der Waals surface area (Å²) in [5, 5.41) is 3.94. The highest BCUT2D eigenvalue weighted by atomic mass is 35.5. The number of hydrogen-bond donors (Lipinski definition) is 1. The van der Waals surface area contributed by atoms with Crippen LogP contribution in [0.4, 0.5) is 5.95 Å². The molecule has 1 N–H and O–H groups in total. The van der Waals surface area contributed by atoms with Crippen LogP contribution in [-0.2, 0) is 13.6 Å². The van der Waals surface area contributed by atoms with Crippen molar-refractivity contribution >= 4 is 17.5 Å². The molecule has 2 aromatic heterocycles. The molecule has 0 atom stereocenters. The van der Waals surface area contributed by atoms with Gasteiger partial charge in [0.2, 0.25) is 5.95 Å². The molecule has 0 amide bonds. The SMILES string of the molecule is COc1ccccc1CNc1ncc(-c2cccc(Cl)c2)c(-c2nccn2C)n1. The Labute approximate surface area is 174 Å². The smallest absolute Gasteiger partial charge is 0.223 e. The molecule has 0 saturated carbocycles. The molecule has 29 heavy (non-hydrogen) atoms. The van der Waals surface area contributed by atoms with E-state index in [2.05, 4.69) is 15.3 Å². The average molecular weight is 406 g/mol. The number of ether oxygens (including phenoxy) is 1. The van der Waals surface area contributed by atoms with Crippen molar-refractivity contribution < 1.29 is 4.74 Å². The first-order valence-electron chi connectivity index (χ1n) is 9.12. The number of para-hydroxylation sites is 1. The summed E-state index contributed by atoms with van der Waals surface area (Å²) in [5.74, 6) is 2.09. The van der Waals surface area contributed by atoms with Gasteiger partial charge in [0.05, 0.1) is 7.11 Å². The highest BCUT2D eigenvalue weighted by Gasteiger charge is 2.15. The Morgan fingerprint density at radius 3 is 2.72 bits per heavy atom. The van der Waals surface area contributed by atoms with Gasteiger partial charge in [-0.05, 0) is 23.8 Å². The maximum atomic E-state index is 6.19. The van der Waals surface area contributed by atoms with E-state index in [0.29, 0.717) is 17.5 Å². The van der Waals surface area contributed by atoms with Crippen LogP contribution in [0.2, 0.25) is 5.02 Å². The van der Waals surface area contributed by atoms with Gasteiger partial charge in [-0.15, -0.1) is 0 Å². The van der Waals surface area contributed by atoms with Crippen molar-refractivity contribution in [2.24, 2.45) is 7.05 Å². The van der Waals surface area contributed by atoms with Crippen LogP contribution < -0.4 is 10.1 Å². The lowest BCUT2D eigenvalue weighted by Crippen LogP contribution is -2.07. The van der Waals surface area contributed by atoms with Gasteiger partial charge in [-0.1, -0.05) is 41.9 Å². The fourth-order valence-corrected chi connectivity index (χ4v) is 3.31. The molecule has 2 heterocycles. The van der Waals surface area contributed by atoms with Crippen molar-refractivity contribution in [1.82, 2.24) is 19.5 Å². The van der Waals surface area contributed by atoms with E-state index in [-0.39, 0.29) is 0 Å². The van der Waals surface area contributed by atoms with Gasteiger partial charge in [-0.2, -0.15) is 0 Å². The van der Waals surface area contributed by atoms with Crippen molar-refractivity contribution in [1.29, 1.82) is 0 Å². The first-order valence-corrected chi connectivity index (χ1v) is 9.50. The van der Waals surface area contributed by atoms with E-state index in [9.17, 15) is 0 Å². The van der Waals surface area contributed by atoms with Gasteiger partial charge in [-0.25, -0.2) is 15.0 Å². The number of anilines is 1. The van der Waals surface area contributed by atoms with Gasteiger partial charge in [0, 0.05) is 48.3 Å². The van der Waals surface area contributed by atoms with Crippen molar-refractivity contribution in [2.45, 2.75) is 6.54 Å². The van der Waals surface area contributed by atoms with Crippen LogP contribution in [0.25, 0.3) is 22.6 Å². The fourth-order valence-electron chi connectivity index (χ4n) is 3.12. The van der Waals surface area contributed by atoms with Crippen LogP contribution in [0.1, 0.15) is 5.56 Å². The number of aromatic nitrogens is 4. The zero-order valence-corrected chi connectivity index (χ0v) is 16.9. The van der Waals surface area contributed by atoms with E-state index < -0.39 is 0 Å². The van der Waals surface area contributed by atoms with Crippen LogP contribution in [0.5, 0.6) is 5.75 Å². The van der Waals surface area contributed by atoms with E-state index in [4.69, 9.17) is 21.3 Å². The van der Waals surface area contributed by atoms with Crippen molar-refractivity contribution in [3.05, 3.63) is 77.7 Å². The van der Waals surface area contributed by atoms with Crippen LogP contribution in [0.3, 0.4) is 0 Å². The zero-order valence-electron chi connectivity index (χ0n) is 16.1. The summed E-state index contributed by atoms with van der Waals surface area (Å²) >= 11 is 6.19. The van der Waals surface area contributed by atoms with Gasteiger partial charge in [-0.3, -0.25) is 0 Å². The highest BCUT2D eigenvalue weighted by Crippen LogP contribution is 2.31. The maximum Gasteiger partial charge on any atom is 0.223 e. The molecule has 0 aliphatic heterocycles. The Kier molecular flexibility index (Phi) is 5.44. The third kappa shape index (κ3) is 4.07. The second-order valence-corrected chi connectivity index (χ2v) is 6.93. The Bertz CT molecular complexity index is 1140. The number of aryl methyl sites for hydroxylation is 1. The third-order valence-electron chi connectivity index (χ3n) is 4.59. The molecule has 146 valence electrons. The predicted molar refractivity (Wildman–Crippen MR) is 115 cm³/mol. The lowest BCUT2D eigenvalue weighted by atomic mass is 10.1. The first-order chi connectivity index (χ1) is 14.2. The lowest BCUT2D eigenvalue weighted by molar-refractivity contribution is 0.410. The van der Waals surface area contributed by atoms with Crippen LogP contribution in [-0.4, -0.2) is 26.6 Å². The fraction of sp³-hybridized carbons (Fsp3) is 0.136. The van der Waals surface area contributed by atoms with Gasteiger partial charge in [0.15, 0.2) is 5.82 Å². The molecule has 2 aromatic carbocycles. The average Bonchev–Trinajstić information content (AvgIpc) is 3.18. The van der Waals surface area contributed by atoms with E-state index >= 15 is 0 Å². The van der Waals surface area contributed by atoms with Gasteiger partial charge >= 0.3 is 0 Å². The highest BCUT2D eigenvalue weighted by molar-refractivity contribution is 6.30.